The predicted molar refractivity (Wildman–Crippen MR) is 139 cm³/mol. The topological polar surface area (TPSA) is 67.2 Å². The van der Waals surface area contributed by atoms with Crippen molar-refractivity contribution in [3.8, 4) is 5.69 Å². The van der Waals surface area contributed by atoms with E-state index in [0.29, 0.717) is 31.1 Å². The number of anilines is 1. The zero-order chi connectivity index (χ0) is 25.2. The van der Waals surface area contributed by atoms with E-state index in [1.165, 1.54) is 12.1 Å². The molecule has 1 fully saturated rings. The van der Waals surface area contributed by atoms with Gasteiger partial charge in [-0.15, -0.1) is 0 Å². The van der Waals surface area contributed by atoms with Crippen molar-refractivity contribution in [3.63, 3.8) is 0 Å². The Kier molecular flexibility index (Phi) is 6.67. The van der Waals surface area contributed by atoms with Gasteiger partial charge in [-0.05, 0) is 49.6 Å². The van der Waals surface area contributed by atoms with E-state index in [2.05, 4.69) is 18.7 Å². The van der Waals surface area contributed by atoms with Crippen molar-refractivity contribution in [3.05, 3.63) is 77.5 Å². The van der Waals surface area contributed by atoms with E-state index in [-0.39, 0.29) is 5.91 Å². The van der Waals surface area contributed by atoms with E-state index in [9.17, 15) is 9.18 Å². The molecule has 186 valence electrons. The van der Waals surface area contributed by atoms with Crippen LogP contribution in [0.3, 0.4) is 0 Å². The molecule has 4 aromatic rings. The number of carbonyl (C=O) groups excluding carboxylic acids is 1. The Morgan fingerprint density at radius 1 is 1.00 bits per heavy atom. The molecule has 2 aromatic heterocycles. The summed E-state index contributed by atoms with van der Waals surface area (Å²) in [5.41, 5.74) is 3.01. The monoisotopic (exact) mass is 486 g/mol. The van der Waals surface area contributed by atoms with Crippen molar-refractivity contribution in [2.75, 3.05) is 31.1 Å². The molecule has 0 saturated carbocycles. The van der Waals surface area contributed by atoms with Gasteiger partial charge < -0.3 is 9.80 Å². The minimum atomic E-state index is -0.399. The standard InChI is InChI=1S/C28H31FN6O/c1-19(2)17-24-30-26(25-20(3)32-35(27(25)31-24)23-11-5-4-6-12-23)33-13-8-14-34(16-15-33)28(36)21-9-7-10-22(29)18-21/h4-7,9-12,18-19H,8,13-17H2,1-3H3. The van der Waals surface area contributed by atoms with Crippen LogP contribution in [0.4, 0.5) is 10.2 Å². The summed E-state index contributed by atoms with van der Waals surface area (Å²) >= 11 is 0. The second-order valence-corrected chi connectivity index (χ2v) is 9.74. The van der Waals surface area contributed by atoms with Crippen LogP contribution in [0.25, 0.3) is 16.7 Å². The van der Waals surface area contributed by atoms with Gasteiger partial charge in [-0.2, -0.15) is 5.10 Å². The summed E-state index contributed by atoms with van der Waals surface area (Å²) in [6.07, 6.45) is 1.55. The zero-order valence-corrected chi connectivity index (χ0v) is 21.0. The first-order valence-corrected chi connectivity index (χ1v) is 12.5. The lowest BCUT2D eigenvalue weighted by Crippen LogP contribution is -2.35. The van der Waals surface area contributed by atoms with E-state index in [0.717, 1.165) is 53.4 Å². The molecule has 1 amide bonds. The molecule has 0 radical (unpaired) electrons. The van der Waals surface area contributed by atoms with Crippen LogP contribution in [-0.4, -0.2) is 56.7 Å². The van der Waals surface area contributed by atoms with E-state index >= 15 is 0 Å². The highest BCUT2D eigenvalue weighted by molar-refractivity contribution is 5.94. The summed E-state index contributed by atoms with van der Waals surface area (Å²) in [6, 6.07) is 15.9. The van der Waals surface area contributed by atoms with Crippen LogP contribution in [0.5, 0.6) is 0 Å². The lowest BCUT2D eigenvalue weighted by molar-refractivity contribution is 0.0766. The quantitative estimate of drug-likeness (QED) is 0.405. The maximum Gasteiger partial charge on any atom is 0.254 e. The van der Waals surface area contributed by atoms with Gasteiger partial charge in [0.2, 0.25) is 0 Å². The number of hydrogen-bond acceptors (Lipinski definition) is 5. The number of nitrogens with zero attached hydrogens (tertiary/aromatic N) is 6. The molecular weight excluding hydrogens is 455 g/mol. The molecule has 36 heavy (non-hydrogen) atoms. The second kappa shape index (κ2) is 10.0. The predicted octanol–water partition coefficient (Wildman–Crippen LogP) is 4.81. The molecule has 8 heteroatoms. The molecule has 0 atom stereocenters. The maximum absolute atomic E-state index is 13.7. The third-order valence-corrected chi connectivity index (χ3v) is 6.48. The summed E-state index contributed by atoms with van der Waals surface area (Å²) in [4.78, 5) is 27.1. The third-order valence-electron chi connectivity index (χ3n) is 6.48. The van der Waals surface area contributed by atoms with Crippen LogP contribution < -0.4 is 4.90 Å². The van der Waals surface area contributed by atoms with E-state index in [1.54, 1.807) is 12.1 Å². The van der Waals surface area contributed by atoms with Crippen LogP contribution in [0.2, 0.25) is 0 Å². The fourth-order valence-electron chi connectivity index (χ4n) is 4.78. The SMILES string of the molecule is Cc1nn(-c2ccccc2)c2nc(CC(C)C)nc(N3CCCN(C(=O)c4cccc(F)c4)CC3)c12. The Labute approximate surface area is 210 Å². The Morgan fingerprint density at radius 3 is 2.56 bits per heavy atom. The smallest absolute Gasteiger partial charge is 0.254 e. The fraction of sp³-hybridized carbons (Fsp3) is 0.357. The van der Waals surface area contributed by atoms with Gasteiger partial charge in [-0.1, -0.05) is 38.1 Å². The molecule has 0 bridgehead atoms. The van der Waals surface area contributed by atoms with Crippen LogP contribution in [0.1, 0.15) is 42.1 Å². The first kappa shape index (κ1) is 23.9. The molecule has 3 heterocycles. The average Bonchev–Trinajstić information content (AvgIpc) is 3.03. The van der Waals surface area contributed by atoms with Gasteiger partial charge in [0, 0.05) is 38.2 Å². The number of hydrogen-bond donors (Lipinski definition) is 0. The Hall–Kier alpha value is -3.81. The number of aryl methyl sites for hydroxylation is 1. The Balaban J connectivity index is 1.50. The second-order valence-electron chi connectivity index (χ2n) is 9.74. The minimum absolute atomic E-state index is 0.141. The van der Waals surface area contributed by atoms with Gasteiger partial charge in [-0.3, -0.25) is 4.79 Å². The molecule has 5 rings (SSSR count). The third kappa shape index (κ3) is 4.80. The zero-order valence-electron chi connectivity index (χ0n) is 21.0. The van der Waals surface area contributed by atoms with E-state index < -0.39 is 5.82 Å². The number of carbonyl (C=O) groups is 1. The summed E-state index contributed by atoms with van der Waals surface area (Å²) < 4.78 is 15.6. The van der Waals surface area contributed by atoms with Gasteiger partial charge in [0.25, 0.3) is 5.91 Å². The van der Waals surface area contributed by atoms with Crippen molar-refractivity contribution in [1.29, 1.82) is 0 Å². The van der Waals surface area contributed by atoms with Crippen molar-refractivity contribution >= 4 is 22.8 Å². The van der Waals surface area contributed by atoms with Gasteiger partial charge in [-0.25, -0.2) is 19.0 Å². The largest absolute Gasteiger partial charge is 0.354 e. The van der Waals surface area contributed by atoms with Crippen LogP contribution in [-0.2, 0) is 6.42 Å². The van der Waals surface area contributed by atoms with E-state index in [4.69, 9.17) is 15.1 Å². The highest BCUT2D eigenvalue weighted by Gasteiger charge is 2.25. The molecule has 0 spiro atoms. The first-order valence-electron chi connectivity index (χ1n) is 12.5. The minimum Gasteiger partial charge on any atom is -0.354 e. The van der Waals surface area contributed by atoms with Gasteiger partial charge in [0.1, 0.15) is 17.5 Å². The van der Waals surface area contributed by atoms with Crippen molar-refractivity contribution in [1.82, 2.24) is 24.6 Å². The van der Waals surface area contributed by atoms with E-state index in [1.807, 2.05) is 46.8 Å². The highest BCUT2D eigenvalue weighted by atomic mass is 19.1. The summed E-state index contributed by atoms with van der Waals surface area (Å²) in [7, 11) is 0. The molecule has 1 saturated heterocycles. The van der Waals surface area contributed by atoms with Crippen molar-refractivity contribution in [2.24, 2.45) is 5.92 Å². The molecule has 0 unspecified atom stereocenters. The van der Waals surface area contributed by atoms with Gasteiger partial charge >= 0.3 is 0 Å². The number of aromatic nitrogens is 4. The average molecular weight is 487 g/mol. The number of halogens is 1. The lowest BCUT2D eigenvalue weighted by atomic mass is 10.1. The lowest BCUT2D eigenvalue weighted by Gasteiger charge is -2.24. The number of para-hydroxylation sites is 1. The summed E-state index contributed by atoms with van der Waals surface area (Å²) in [5.74, 6) is 1.53. The number of fused-ring (bicyclic) bond motifs is 1. The number of amides is 1. The fourth-order valence-corrected chi connectivity index (χ4v) is 4.78. The van der Waals surface area contributed by atoms with Crippen LogP contribution in [0.15, 0.2) is 54.6 Å². The first-order chi connectivity index (χ1) is 17.4. The molecule has 0 N–H and O–H groups in total. The van der Waals surface area contributed by atoms with Crippen LogP contribution >= 0.6 is 0 Å². The molecule has 1 aliphatic rings. The molecule has 2 aromatic carbocycles. The molecule has 0 aliphatic carbocycles. The van der Waals surface area contributed by atoms with Crippen LogP contribution in [0, 0.1) is 18.7 Å². The number of rotatable bonds is 5. The molecule has 1 aliphatic heterocycles. The Morgan fingerprint density at radius 2 is 1.81 bits per heavy atom. The Bertz CT molecular complexity index is 1380. The van der Waals surface area contributed by atoms with Crippen molar-refractivity contribution < 1.29 is 9.18 Å². The molecule has 7 nitrogen and oxygen atoms in total. The highest BCUT2D eigenvalue weighted by Crippen LogP contribution is 2.30. The maximum atomic E-state index is 13.7. The van der Waals surface area contributed by atoms with Gasteiger partial charge in [0.05, 0.1) is 16.8 Å². The van der Waals surface area contributed by atoms with Gasteiger partial charge in [0.15, 0.2) is 5.65 Å². The summed E-state index contributed by atoms with van der Waals surface area (Å²) in [6.45, 7) is 8.85. The number of benzene rings is 2. The normalized spacial score (nSPS) is 14.5. The van der Waals surface area contributed by atoms with Crippen molar-refractivity contribution in [2.45, 2.75) is 33.6 Å². The molecular formula is C28H31FN6O. The summed E-state index contributed by atoms with van der Waals surface area (Å²) in [5, 5.41) is 5.78.